The molecule has 6 nitrogen and oxygen atoms in total. The SMILES string of the molecule is Cc1cnccc1CNC(=O)C(C)(C)/C(N)=N/O. The highest BCUT2D eigenvalue weighted by atomic mass is 16.4. The quantitative estimate of drug-likeness (QED) is 0.318. The molecule has 0 spiro atoms. The summed E-state index contributed by atoms with van der Waals surface area (Å²) in [6, 6.07) is 1.84. The van der Waals surface area contributed by atoms with Crippen LogP contribution in [0.4, 0.5) is 0 Å². The highest BCUT2D eigenvalue weighted by Gasteiger charge is 2.32. The maximum atomic E-state index is 12.0. The number of hydrogen-bond acceptors (Lipinski definition) is 4. The van der Waals surface area contributed by atoms with E-state index >= 15 is 0 Å². The van der Waals surface area contributed by atoms with Gasteiger partial charge in [-0.05, 0) is 38.0 Å². The monoisotopic (exact) mass is 250 g/mol. The molecule has 0 saturated heterocycles. The van der Waals surface area contributed by atoms with Crippen molar-refractivity contribution in [3.05, 3.63) is 29.6 Å². The lowest BCUT2D eigenvalue weighted by atomic mass is 9.91. The van der Waals surface area contributed by atoms with E-state index < -0.39 is 5.41 Å². The Morgan fingerprint density at radius 2 is 2.28 bits per heavy atom. The standard InChI is InChI=1S/C12H18N4O2/c1-8-6-14-5-4-9(8)7-15-11(17)12(2,3)10(13)16-18/h4-6,18H,7H2,1-3H3,(H2,13,16)(H,15,17). The fraction of sp³-hybridized carbons (Fsp3) is 0.417. The second-order valence-electron chi connectivity index (χ2n) is 4.60. The second kappa shape index (κ2) is 5.48. The van der Waals surface area contributed by atoms with Crippen molar-refractivity contribution in [3.8, 4) is 0 Å². The molecule has 0 atom stereocenters. The van der Waals surface area contributed by atoms with Gasteiger partial charge in [0.1, 0.15) is 5.41 Å². The van der Waals surface area contributed by atoms with Gasteiger partial charge in [-0.3, -0.25) is 9.78 Å². The van der Waals surface area contributed by atoms with Crippen LogP contribution in [0.3, 0.4) is 0 Å². The minimum absolute atomic E-state index is 0.119. The molecule has 4 N–H and O–H groups in total. The largest absolute Gasteiger partial charge is 0.409 e. The lowest BCUT2D eigenvalue weighted by molar-refractivity contribution is -0.126. The number of nitrogens with one attached hydrogen (secondary N) is 1. The number of hydrogen-bond donors (Lipinski definition) is 3. The molecule has 0 fully saturated rings. The zero-order valence-electron chi connectivity index (χ0n) is 10.8. The Hall–Kier alpha value is -2.11. The number of carbonyl (C=O) groups excluding carboxylic acids is 1. The third kappa shape index (κ3) is 2.97. The van der Waals surface area contributed by atoms with E-state index in [9.17, 15) is 4.79 Å². The van der Waals surface area contributed by atoms with Crippen molar-refractivity contribution in [1.29, 1.82) is 0 Å². The number of nitrogens with two attached hydrogens (primary N) is 1. The molecule has 18 heavy (non-hydrogen) atoms. The van der Waals surface area contributed by atoms with Crippen LogP contribution < -0.4 is 11.1 Å². The van der Waals surface area contributed by atoms with Crippen molar-refractivity contribution >= 4 is 11.7 Å². The summed E-state index contributed by atoms with van der Waals surface area (Å²) in [7, 11) is 0. The first kappa shape index (κ1) is 14.0. The van der Waals surface area contributed by atoms with Gasteiger partial charge in [0.2, 0.25) is 5.91 Å². The summed E-state index contributed by atoms with van der Waals surface area (Å²) in [6.45, 7) is 5.49. The highest BCUT2D eigenvalue weighted by Crippen LogP contribution is 2.15. The number of amides is 1. The fourth-order valence-electron chi connectivity index (χ4n) is 1.34. The second-order valence-corrected chi connectivity index (χ2v) is 4.60. The van der Waals surface area contributed by atoms with Crippen LogP contribution in [0.1, 0.15) is 25.0 Å². The summed E-state index contributed by atoms with van der Waals surface area (Å²) in [5.41, 5.74) is 6.41. The number of oxime groups is 1. The number of aryl methyl sites for hydroxylation is 1. The topological polar surface area (TPSA) is 101 Å². The zero-order chi connectivity index (χ0) is 13.8. The number of rotatable bonds is 4. The van der Waals surface area contributed by atoms with E-state index in [4.69, 9.17) is 10.9 Å². The molecule has 6 heteroatoms. The minimum Gasteiger partial charge on any atom is -0.409 e. The summed E-state index contributed by atoms with van der Waals surface area (Å²) in [4.78, 5) is 15.9. The number of aromatic nitrogens is 1. The van der Waals surface area contributed by atoms with Crippen molar-refractivity contribution in [2.75, 3.05) is 0 Å². The van der Waals surface area contributed by atoms with Crippen LogP contribution >= 0.6 is 0 Å². The van der Waals surface area contributed by atoms with Gasteiger partial charge < -0.3 is 16.3 Å². The van der Waals surface area contributed by atoms with Crippen LogP contribution in [0.15, 0.2) is 23.6 Å². The Morgan fingerprint density at radius 3 is 2.83 bits per heavy atom. The molecule has 0 radical (unpaired) electrons. The van der Waals surface area contributed by atoms with E-state index in [1.165, 1.54) is 0 Å². The number of pyridine rings is 1. The smallest absolute Gasteiger partial charge is 0.233 e. The lowest BCUT2D eigenvalue weighted by Crippen LogP contribution is -2.45. The van der Waals surface area contributed by atoms with Crippen LogP contribution in [-0.2, 0) is 11.3 Å². The predicted molar refractivity (Wildman–Crippen MR) is 68.0 cm³/mol. The summed E-state index contributed by atoms with van der Waals surface area (Å²) in [5, 5.41) is 14.3. The maximum Gasteiger partial charge on any atom is 0.233 e. The predicted octanol–water partition coefficient (Wildman–Crippen LogP) is 0.779. The third-order valence-electron chi connectivity index (χ3n) is 2.89. The van der Waals surface area contributed by atoms with Crippen molar-refractivity contribution < 1.29 is 10.0 Å². The van der Waals surface area contributed by atoms with Crippen molar-refractivity contribution in [1.82, 2.24) is 10.3 Å². The van der Waals surface area contributed by atoms with E-state index in [-0.39, 0.29) is 11.7 Å². The summed E-state index contributed by atoms with van der Waals surface area (Å²) < 4.78 is 0. The molecule has 0 bridgehead atoms. The van der Waals surface area contributed by atoms with E-state index in [1.807, 2.05) is 13.0 Å². The van der Waals surface area contributed by atoms with Crippen LogP contribution in [-0.4, -0.2) is 21.9 Å². The van der Waals surface area contributed by atoms with Crippen LogP contribution in [0.2, 0.25) is 0 Å². The molecule has 0 saturated carbocycles. The van der Waals surface area contributed by atoms with Gasteiger partial charge in [-0.2, -0.15) is 0 Å². The zero-order valence-corrected chi connectivity index (χ0v) is 10.8. The normalized spacial score (nSPS) is 12.3. The number of amidine groups is 1. The first-order chi connectivity index (χ1) is 8.39. The molecule has 98 valence electrons. The van der Waals surface area contributed by atoms with Gasteiger partial charge in [0, 0.05) is 18.9 Å². The Bertz CT molecular complexity index is 469. The minimum atomic E-state index is -1.05. The van der Waals surface area contributed by atoms with Gasteiger partial charge in [-0.25, -0.2) is 0 Å². The first-order valence-corrected chi connectivity index (χ1v) is 5.55. The van der Waals surface area contributed by atoms with E-state index in [1.54, 1.807) is 26.2 Å². The molecule has 0 aromatic carbocycles. The van der Waals surface area contributed by atoms with Crippen molar-refractivity contribution in [2.45, 2.75) is 27.3 Å². The molecular weight excluding hydrogens is 232 g/mol. The third-order valence-corrected chi connectivity index (χ3v) is 2.89. The summed E-state index contributed by atoms with van der Waals surface area (Å²) in [5.74, 6) is -0.416. The first-order valence-electron chi connectivity index (χ1n) is 5.55. The van der Waals surface area contributed by atoms with E-state index in [0.29, 0.717) is 6.54 Å². The molecule has 0 unspecified atom stereocenters. The molecule has 1 aromatic rings. The number of carbonyl (C=O) groups is 1. The molecule has 0 aliphatic rings. The fourth-order valence-corrected chi connectivity index (χ4v) is 1.34. The molecule has 1 aromatic heterocycles. The Kier molecular flexibility index (Phi) is 4.25. The van der Waals surface area contributed by atoms with Gasteiger partial charge in [-0.15, -0.1) is 0 Å². The van der Waals surface area contributed by atoms with Crippen molar-refractivity contribution in [3.63, 3.8) is 0 Å². The van der Waals surface area contributed by atoms with Crippen molar-refractivity contribution in [2.24, 2.45) is 16.3 Å². The maximum absolute atomic E-state index is 12.0. The molecule has 0 aliphatic heterocycles. The van der Waals surface area contributed by atoms with Gasteiger partial charge >= 0.3 is 0 Å². The highest BCUT2D eigenvalue weighted by molar-refractivity contribution is 6.05. The van der Waals surface area contributed by atoms with Crippen LogP contribution in [0.25, 0.3) is 0 Å². The Morgan fingerprint density at radius 1 is 1.61 bits per heavy atom. The van der Waals surface area contributed by atoms with E-state index in [2.05, 4.69) is 15.5 Å². The molecule has 1 amide bonds. The van der Waals surface area contributed by atoms with E-state index in [0.717, 1.165) is 11.1 Å². The molecule has 1 rings (SSSR count). The average molecular weight is 250 g/mol. The Balaban J connectivity index is 2.70. The average Bonchev–Trinajstić information content (AvgIpc) is 2.36. The molecule has 1 heterocycles. The van der Waals surface area contributed by atoms with Gasteiger partial charge in [-0.1, -0.05) is 5.16 Å². The summed E-state index contributed by atoms with van der Waals surface area (Å²) >= 11 is 0. The van der Waals surface area contributed by atoms with Crippen LogP contribution in [0.5, 0.6) is 0 Å². The summed E-state index contributed by atoms with van der Waals surface area (Å²) in [6.07, 6.45) is 3.40. The van der Waals surface area contributed by atoms with Gasteiger partial charge in [0.25, 0.3) is 0 Å². The van der Waals surface area contributed by atoms with Gasteiger partial charge in [0.15, 0.2) is 5.84 Å². The Labute approximate surface area is 106 Å². The molecular formula is C12H18N4O2. The lowest BCUT2D eigenvalue weighted by Gasteiger charge is -2.22. The van der Waals surface area contributed by atoms with Crippen LogP contribution in [0, 0.1) is 12.3 Å². The molecule has 0 aliphatic carbocycles. The van der Waals surface area contributed by atoms with Gasteiger partial charge in [0.05, 0.1) is 0 Å². The number of nitrogens with zero attached hydrogens (tertiary/aromatic N) is 2.